The van der Waals surface area contributed by atoms with Gasteiger partial charge in [-0.1, -0.05) is 0 Å². The van der Waals surface area contributed by atoms with Crippen molar-refractivity contribution in [2.45, 2.75) is 0 Å². The predicted molar refractivity (Wildman–Crippen MR) is 67.6 cm³/mol. The molecular weight excluding hydrogens is 336 g/mol. The minimum atomic E-state index is -3.34. The third-order valence-electron chi connectivity index (χ3n) is 0.771. The Labute approximate surface area is 122 Å². The van der Waals surface area contributed by atoms with Crippen LogP contribution in [0.5, 0.6) is 0 Å². The Kier molecular flexibility index (Phi) is 18.8. The molecule has 0 spiro atoms. The number of aliphatic hydroxyl groups excluding tert-OH is 3. The summed E-state index contributed by atoms with van der Waals surface area (Å²) in [5, 5.41) is 23.5. The van der Waals surface area contributed by atoms with Crippen molar-refractivity contribution in [1.82, 2.24) is 0 Å². The molecule has 3 atom stereocenters. The summed E-state index contributed by atoms with van der Waals surface area (Å²) in [6, 6.07) is 0. The first-order valence-electron chi connectivity index (χ1n) is 4.33. The quantitative estimate of drug-likeness (QED) is 0.357. The molecule has 0 heterocycles. The van der Waals surface area contributed by atoms with Gasteiger partial charge < -0.3 is 43.7 Å². The fourth-order valence-electron chi connectivity index (χ4n) is 0. The number of hydrogen-bond acceptors (Lipinski definition) is 9. The zero-order chi connectivity index (χ0) is 15.6. The molecule has 0 amide bonds. The second kappa shape index (κ2) is 12.7. The SMILES string of the molecule is CP(=O)([O-])CO.CP(=O)([O-])CO.CP(=O)([O-])CO.[Al+3]. The molecule has 0 fully saturated rings. The van der Waals surface area contributed by atoms with Crippen LogP contribution in [-0.4, -0.2) is 71.7 Å². The van der Waals surface area contributed by atoms with Crippen LogP contribution in [0.15, 0.2) is 0 Å². The van der Waals surface area contributed by atoms with Crippen LogP contribution in [0, 0.1) is 0 Å². The molecule has 13 heteroatoms. The van der Waals surface area contributed by atoms with Gasteiger partial charge in [0.05, 0.1) is 19.0 Å². The second-order valence-corrected chi connectivity index (χ2v) is 10.4. The van der Waals surface area contributed by atoms with Gasteiger partial charge in [0.1, 0.15) is 0 Å². The minimum Gasteiger partial charge on any atom is -0.798 e. The van der Waals surface area contributed by atoms with E-state index in [0.29, 0.717) is 0 Å². The molecule has 0 aliphatic heterocycles. The van der Waals surface area contributed by atoms with Gasteiger partial charge in [-0.3, -0.25) is 0 Å². The molecule has 9 nitrogen and oxygen atoms in total. The van der Waals surface area contributed by atoms with Crippen molar-refractivity contribution in [2.75, 3.05) is 39.0 Å². The average Bonchev–Trinajstić information content (AvgIpc) is 2.16. The smallest absolute Gasteiger partial charge is 0.798 e. The summed E-state index contributed by atoms with van der Waals surface area (Å²) < 4.78 is 29.3. The van der Waals surface area contributed by atoms with E-state index in [9.17, 15) is 28.4 Å². The van der Waals surface area contributed by atoms with Gasteiger partial charge in [-0.05, 0) is 20.0 Å². The van der Waals surface area contributed by atoms with Crippen molar-refractivity contribution < 1.29 is 43.7 Å². The number of aliphatic hydroxyl groups is 3. The molecule has 0 aliphatic rings. The van der Waals surface area contributed by atoms with Crippen molar-refractivity contribution in [3.05, 3.63) is 0 Å². The molecule has 0 radical (unpaired) electrons. The minimum absolute atomic E-state index is 0. The number of hydrogen-bond donors (Lipinski definition) is 3. The molecule has 0 aromatic rings. The Balaban J connectivity index is -0.0000000865. The molecule has 0 aromatic heterocycles. The molecular formula is C6H18AlO9P3. The molecule has 3 N–H and O–H groups in total. The Hall–Kier alpha value is 0.982. The molecule has 0 rings (SSSR count). The predicted octanol–water partition coefficient (Wildman–Crippen LogP) is -2.77. The molecule has 0 aliphatic carbocycles. The van der Waals surface area contributed by atoms with Gasteiger partial charge in [-0.25, -0.2) is 0 Å². The van der Waals surface area contributed by atoms with Crippen molar-refractivity contribution >= 4 is 39.5 Å². The third kappa shape index (κ3) is 54.9. The van der Waals surface area contributed by atoms with E-state index in [-0.39, 0.29) is 17.4 Å². The third-order valence-corrected chi connectivity index (χ3v) is 2.31. The van der Waals surface area contributed by atoms with Crippen LogP contribution >= 0.6 is 22.1 Å². The standard InChI is InChI=1S/3C2H7O3P.Al/c3*1-6(4,5)2-3;/h3*3H,2H2,1H3,(H,4,5);/q;;;+3/p-3. The molecule has 114 valence electrons. The van der Waals surface area contributed by atoms with Crippen LogP contribution in [0.1, 0.15) is 0 Å². The van der Waals surface area contributed by atoms with E-state index in [0.717, 1.165) is 20.0 Å². The van der Waals surface area contributed by atoms with E-state index in [2.05, 4.69) is 0 Å². The first kappa shape index (κ1) is 28.2. The van der Waals surface area contributed by atoms with Gasteiger partial charge >= 0.3 is 17.4 Å². The second-order valence-electron chi connectivity index (χ2n) is 3.47. The summed E-state index contributed by atoms with van der Waals surface area (Å²) in [7, 11) is -10.0. The molecule has 0 bridgehead atoms. The van der Waals surface area contributed by atoms with E-state index in [4.69, 9.17) is 15.3 Å². The van der Waals surface area contributed by atoms with Crippen molar-refractivity contribution in [3.63, 3.8) is 0 Å². The molecule has 0 aromatic carbocycles. The first-order chi connectivity index (χ1) is 7.68. The first-order valence-corrected chi connectivity index (χ1v) is 11.1. The van der Waals surface area contributed by atoms with Crippen LogP contribution in [0.4, 0.5) is 0 Å². The maximum absolute atomic E-state index is 9.78. The summed E-state index contributed by atoms with van der Waals surface area (Å²) in [6.45, 7) is 2.98. The maximum Gasteiger partial charge on any atom is 3.00 e. The van der Waals surface area contributed by atoms with Gasteiger partial charge in [0.2, 0.25) is 0 Å². The fourth-order valence-corrected chi connectivity index (χ4v) is 0. The van der Waals surface area contributed by atoms with E-state index in [1.165, 1.54) is 0 Å². The van der Waals surface area contributed by atoms with Crippen LogP contribution in [-0.2, 0) is 13.7 Å². The largest absolute Gasteiger partial charge is 3.00 e. The van der Waals surface area contributed by atoms with Crippen LogP contribution in [0.25, 0.3) is 0 Å². The Bertz CT molecular complexity index is 277. The van der Waals surface area contributed by atoms with E-state index >= 15 is 0 Å². The van der Waals surface area contributed by atoms with Crippen LogP contribution in [0.2, 0.25) is 0 Å². The molecule has 3 unspecified atom stereocenters. The Morgan fingerprint density at radius 1 is 0.684 bits per heavy atom. The summed E-state index contributed by atoms with van der Waals surface area (Å²) in [5.41, 5.74) is 0. The van der Waals surface area contributed by atoms with Crippen LogP contribution < -0.4 is 14.7 Å². The molecule has 0 saturated carbocycles. The summed E-state index contributed by atoms with van der Waals surface area (Å²) in [5.74, 6) is 0. The molecule has 0 saturated heterocycles. The number of rotatable bonds is 3. The van der Waals surface area contributed by atoms with E-state index in [1.54, 1.807) is 0 Å². The van der Waals surface area contributed by atoms with Gasteiger partial charge in [-0.15, -0.1) is 0 Å². The van der Waals surface area contributed by atoms with E-state index in [1.807, 2.05) is 0 Å². The zero-order valence-electron chi connectivity index (χ0n) is 10.8. The fraction of sp³-hybridized carbons (Fsp3) is 1.00. The van der Waals surface area contributed by atoms with Gasteiger partial charge in [0.25, 0.3) is 0 Å². The monoisotopic (exact) mass is 354 g/mol. The Morgan fingerprint density at radius 3 is 0.737 bits per heavy atom. The van der Waals surface area contributed by atoms with Crippen LogP contribution in [0.3, 0.4) is 0 Å². The summed E-state index contributed by atoms with van der Waals surface area (Å²) in [4.78, 5) is 29.3. The van der Waals surface area contributed by atoms with Crippen molar-refractivity contribution in [3.8, 4) is 0 Å². The van der Waals surface area contributed by atoms with Crippen molar-refractivity contribution in [2.24, 2.45) is 0 Å². The average molecular weight is 354 g/mol. The Morgan fingerprint density at radius 2 is 0.737 bits per heavy atom. The normalized spacial score (nSPS) is 18.8. The van der Waals surface area contributed by atoms with Crippen molar-refractivity contribution in [1.29, 1.82) is 0 Å². The molecule has 19 heavy (non-hydrogen) atoms. The van der Waals surface area contributed by atoms with Gasteiger partial charge in [0.15, 0.2) is 0 Å². The van der Waals surface area contributed by atoms with E-state index < -0.39 is 41.2 Å². The van der Waals surface area contributed by atoms with Gasteiger partial charge in [0, 0.05) is 22.1 Å². The van der Waals surface area contributed by atoms with Gasteiger partial charge in [-0.2, -0.15) is 0 Å². The summed E-state index contributed by atoms with van der Waals surface area (Å²) >= 11 is 0. The zero-order valence-corrected chi connectivity index (χ0v) is 14.7. The summed E-state index contributed by atoms with van der Waals surface area (Å²) in [6.07, 6.45) is -2.19. The maximum atomic E-state index is 9.78. The topological polar surface area (TPSA) is 181 Å².